The summed E-state index contributed by atoms with van der Waals surface area (Å²) in [4.78, 5) is 2.54. The highest BCUT2D eigenvalue weighted by Gasteiger charge is 2.37. The Balaban J connectivity index is 1.18. The van der Waals surface area contributed by atoms with Crippen molar-refractivity contribution in [3.8, 4) is 61.3 Å². The summed E-state index contributed by atoms with van der Waals surface area (Å²) < 4.78 is 2.42. The Morgan fingerprint density at radius 1 is 0.369 bits per heavy atom. The fraction of sp³-hybridized carbons (Fsp3) is 0.0476. The Hall–Kier alpha value is -8.20. The fourth-order valence-corrected chi connectivity index (χ4v) is 10.8. The van der Waals surface area contributed by atoms with E-state index in [0.29, 0.717) is 0 Å². The summed E-state index contributed by atoms with van der Waals surface area (Å²) in [6.07, 6.45) is 0. The maximum absolute atomic E-state index is 2.54. The zero-order valence-electron chi connectivity index (χ0n) is 36.5. The highest BCUT2D eigenvalue weighted by Crippen LogP contribution is 2.54. The summed E-state index contributed by atoms with van der Waals surface area (Å²) in [6.45, 7) is 4.76. The molecular weight excluding hydrogens is 785 g/mol. The van der Waals surface area contributed by atoms with Crippen LogP contribution in [0.5, 0.6) is 0 Å². The average Bonchev–Trinajstić information content (AvgIpc) is 3.84. The van der Waals surface area contributed by atoms with Crippen LogP contribution in [0.25, 0.3) is 83.1 Å². The van der Waals surface area contributed by atoms with Gasteiger partial charge < -0.3 is 9.47 Å². The number of para-hydroxylation sites is 2. The Morgan fingerprint density at radius 2 is 0.892 bits per heavy atom. The van der Waals surface area contributed by atoms with Crippen LogP contribution in [0.4, 0.5) is 17.1 Å². The molecule has 1 aromatic heterocycles. The Labute approximate surface area is 381 Å². The van der Waals surface area contributed by atoms with Gasteiger partial charge in [0.25, 0.3) is 0 Å². The number of hydrogen-bond donors (Lipinski definition) is 0. The van der Waals surface area contributed by atoms with Crippen LogP contribution in [0.1, 0.15) is 25.0 Å². The van der Waals surface area contributed by atoms with Crippen molar-refractivity contribution in [1.82, 2.24) is 4.57 Å². The lowest BCUT2D eigenvalue weighted by molar-refractivity contribution is 0.662. The molecule has 0 atom stereocenters. The predicted molar refractivity (Wildman–Crippen MR) is 275 cm³/mol. The molecule has 308 valence electrons. The second-order valence-corrected chi connectivity index (χ2v) is 17.6. The minimum Gasteiger partial charge on any atom is -0.309 e. The fourth-order valence-electron chi connectivity index (χ4n) is 10.8. The van der Waals surface area contributed by atoms with Crippen LogP contribution >= 0.6 is 0 Å². The quantitative estimate of drug-likeness (QED) is 0.148. The number of hydrogen-bond acceptors (Lipinski definition) is 1. The van der Waals surface area contributed by atoms with Crippen molar-refractivity contribution in [3.63, 3.8) is 0 Å². The maximum Gasteiger partial charge on any atom is 0.0562 e. The van der Waals surface area contributed by atoms with E-state index in [0.717, 1.165) is 28.3 Å². The maximum atomic E-state index is 2.54. The van der Waals surface area contributed by atoms with Crippen LogP contribution in [0.3, 0.4) is 0 Å². The minimum absolute atomic E-state index is 0.165. The summed E-state index contributed by atoms with van der Waals surface area (Å²) in [5, 5.41) is 2.40. The number of rotatable bonds is 8. The minimum atomic E-state index is -0.165. The second-order valence-electron chi connectivity index (χ2n) is 17.6. The normalized spacial score (nSPS) is 12.6. The monoisotopic (exact) mass is 830 g/mol. The van der Waals surface area contributed by atoms with Gasteiger partial charge in [-0.15, -0.1) is 0 Å². The van der Waals surface area contributed by atoms with E-state index in [1.165, 1.54) is 83.1 Å². The molecule has 0 saturated heterocycles. The zero-order chi connectivity index (χ0) is 43.5. The first-order chi connectivity index (χ1) is 32.1. The SMILES string of the molecule is CC1(C)c2ccccc2-c2cccc(-c3cccc(N(c4cccc(-c5ccccc5)c4-c4ccccc4-c4ccccc4)c4cccc5c4c4ccccc4n5-c4ccccc4)c3)c21. The molecule has 1 aliphatic rings. The van der Waals surface area contributed by atoms with Gasteiger partial charge in [-0.2, -0.15) is 0 Å². The molecule has 10 aromatic carbocycles. The summed E-state index contributed by atoms with van der Waals surface area (Å²) in [5.41, 5.74) is 21.5. The van der Waals surface area contributed by atoms with Crippen molar-refractivity contribution < 1.29 is 0 Å². The van der Waals surface area contributed by atoms with Gasteiger partial charge in [0.1, 0.15) is 0 Å². The summed E-state index contributed by atoms with van der Waals surface area (Å²) in [6, 6.07) is 89.0. The van der Waals surface area contributed by atoms with Crippen molar-refractivity contribution in [2.45, 2.75) is 19.3 Å². The first-order valence-corrected chi connectivity index (χ1v) is 22.6. The molecule has 0 aliphatic heterocycles. The van der Waals surface area contributed by atoms with E-state index in [1.807, 2.05) is 0 Å². The molecule has 11 aromatic rings. The lowest BCUT2D eigenvalue weighted by Crippen LogP contribution is -2.16. The Morgan fingerprint density at radius 3 is 1.68 bits per heavy atom. The van der Waals surface area contributed by atoms with Gasteiger partial charge in [-0.05, 0) is 110 Å². The highest BCUT2D eigenvalue weighted by atomic mass is 15.2. The third kappa shape index (κ3) is 6.25. The smallest absolute Gasteiger partial charge is 0.0562 e. The van der Waals surface area contributed by atoms with Gasteiger partial charge in [-0.3, -0.25) is 0 Å². The average molecular weight is 831 g/mol. The number of aromatic nitrogens is 1. The number of benzene rings is 10. The third-order valence-electron chi connectivity index (χ3n) is 13.6. The molecule has 12 rings (SSSR count). The highest BCUT2D eigenvalue weighted by molar-refractivity contribution is 6.17. The molecule has 65 heavy (non-hydrogen) atoms. The molecule has 2 nitrogen and oxygen atoms in total. The van der Waals surface area contributed by atoms with Crippen molar-refractivity contribution in [1.29, 1.82) is 0 Å². The predicted octanol–water partition coefficient (Wildman–Crippen LogP) is 17.2. The molecule has 0 amide bonds. The van der Waals surface area contributed by atoms with Gasteiger partial charge in [0.15, 0.2) is 0 Å². The topological polar surface area (TPSA) is 8.17 Å². The molecule has 0 N–H and O–H groups in total. The van der Waals surface area contributed by atoms with E-state index in [1.54, 1.807) is 0 Å². The molecular formula is C63H46N2. The molecule has 1 aliphatic carbocycles. The molecule has 0 radical (unpaired) electrons. The van der Waals surface area contributed by atoms with E-state index >= 15 is 0 Å². The largest absolute Gasteiger partial charge is 0.309 e. The van der Waals surface area contributed by atoms with E-state index < -0.39 is 0 Å². The van der Waals surface area contributed by atoms with Crippen LogP contribution in [0.15, 0.2) is 243 Å². The number of anilines is 3. The van der Waals surface area contributed by atoms with E-state index in [2.05, 4.69) is 266 Å². The third-order valence-corrected chi connectivity index (χ3v) is 13.6. The van der Waals surface area contributed by atoms with Gasteiger partial charge in [0.05, 0.1) is 22.4 Å². The van der Waals surface area contributed by atoms with Crippen molar-refractivity contribution >= 4 is 38.9 Å². The lowest BCUT2D eigenvalue weighted by Gasteiger charge is -2.31. The van der Waals surface area contributed by atoms with Gasteiger partial charge in [0, 0.05) is 33.1 Å². The Bertz CT molecular complexity index is 3560. The molecule has 0 bridgehead atoms. The standard InChI is InChI=1S/C63H46N2/c1-63(2)55-37-16-14-31-51(55)53-36-19-35-50(62(53)63)45-26-18-29-47(42-45)65(59-41-21-40-58-61(59)54-33-15-17-38-56(54)64(58)46-27-10-5-11-28-46)57-39-20-34-49(44-24-8-4-9-25-44)60(57)52-32-13-12-30-48(52)43-22-6-3-7-23-43/h3-42H,1-2H3. The van der Waals surface area contributed by atoms with Crippen molar-refractivity contribution in [2.75, 3.05) is 4.90 Å². The molecule has 0 fully saturated rings. The molecule has 0 unspecified atom stereocenters. The van der Waals surface area contributed by atoms with Crippen molar-refractivity contribution in [3.05, 3.63) is 254 Å². The van der Waals surface area contributed by atoms with Crippen molar-refractivity contribution in [2.24, 2.45) is 0 Å². The first-order valence-electron chi connectivity index (χ1n) is 22.6. The van der Waals surface area contributed by atoms with E-state index in [9.17, 15) is 0 Å². The number of fused-ring (bicyclic) bond motifs is 6. The van der Waals surface area contributed by atoms with Crippen LogP contribution in [0.2, 0.25) is 0 Å². The molecule has 0 saturated carbocycles. The lowest BCUT2D eigenvalue weighted by atomic mass is 9.79. The number of nitrogens with zero attached hydrogens (tertiary/aromatic N) is 2. The first kappa shape index (κ1) is 38.5. The molecule has 0 spiro atoms. The summed E-state index contributed by atoms with van der Waals surface area (Å²) in [7, 11) is 0. The van der Waals surface area contributed by atoms with Crippen LogP contribution < -0.4 is 4.90 Å². The van der Waals surface area contributed by atoms with E-state index in [-0.39, 0.29) is 5.41 Å². The van der Waals surface area contributed by atoms with Crippen LogP contribution in [0, 0.1) is 0 Å². The van der Waals surface area contributed by atoms with Crippen LogP contribution in [-0.2, 0) is 5.41 Å². The van der Waals surface area contributed by atoms with Gasteiger partial charge >= 0.3 is 0 Å². The molecule has 1 heterocycles. The van der Waals surface area contributed by atoms with Crippen LogP contribution in [-0.4, -0.2) is 4.57 Å². The Kier molecular flexibility index (Phi) is 9.21. The van der Waals surface area contributed by atoms with Gasteiger partial charge in [0.2, 0.25) is 0 Å². The van der Waals surface area contributed by atoms with E-state index in [4.69, 9.17) is 0 Å². The molecule has 2 heteroatoms. The zero-order valence-corrected chi connectivity index (χ0v) is 36.5. The summed E-state index contributed by atoms with van der Waals surface area (Å²) >= 11 is 0. The summed E-state index contributed by atoms with van der Waals surface area (Å²) in [5.74, 6) is 0. The second kappa shape index (κ2) is 15.6. The van der Waals surface area contributed by atoms with Gasteiger partial charge in [-0.25, -0.2) is 0 Å². The van der Waals surface area contributed by atoms with Gasteiger partial charge in [-0.1, -0.05) is 208 Å².